The molecule has 3 aromatic rings. The van der Waals surface area contributed by atoms with Gasteiger partial charge in [-0.05, 0) is 32.5 Å². The number of piperazine rings is 1. The van der Waals surface area contributed by atoms with Gasteiger partial charge >= 0.3 is 0 Å². The lowest BCUT2D eigenvalue weighted by atomic mass is 10.1. The Balaban J connectivity index is 1.83. The van der Waals surface area contributed by atoms with Crippen LogP contribution in [0.15, 0.2) is 24.4 Å². The van der Waals surface area contributed by atoms with Crippen molar-refractivity contribution >= 4 is 16.9 Å². The number of aliphatic hydroxyl groups excluding tert-OH is 1. The van der Waals surface area contributed by atoms with E-state index in [0.717, 1.165) is 54.3 Å². The van der Waals surface area contributed by atoms with Crippen LogP contribution in [-0.4, -0.2) is 74.1 Å². The maximum absolute atomic E-state index is 9.41. The van der Waals surface area contributed by atoms with E-state index >= 15 is 0 Å². The quantitative estimate of drug-likeness (QED) is 0.743. The monoisotopic (exact) mass is 367 g/mol. The number of likely N-dealkylation sites (N-methyl/N-ethyl adjacent to an activating group) is 1. The van der Waals surface area contributed by atoms with Crippen LogP contribution in [0.4, 0.5) is 5.82 Å². The van der Waals surface area contributed by atoms with E-state index < -0.39 is 0 Å². The Morgan fingerprint density at radius 3 is 2.78 bits per heavy atom. The minimum atomic E-state index is 0.188. The number of fused-ring (bicyclic) bond motifs is 1. The molecule has 1 fully saturated rings. The number of pyridine rings is 1. The molecule has 142 valence electrons. The average molecular weight is 367 g/mol. The van der Waals surface area contributed by atoms with Gasteiger partial charge in [-0.3, -0.25) is 14.6 Å². The highest BCUT2D eigenvalue weighted by Crippen LogP contribution is 2.30. The van der Waals surface area contributed by atoms with E-state index in [0.29, 0.717) is 11.9 Å². The summed E-state index contributed by atoms with van der Waals surface area (Å²) in [6, 6.07) is 6.05. The first-order valence-corrected chi connectivity index (χ1v) is 9.27. The summed E-state index contributed by atoms with van der Waals surface area (Å²) in [6.45, 7) is 4.80. The number of hydrogen-bond acceptors (Lipinski definition) is 7. The van der Waals surface area contributed by atoms with Gasteiger partial charge in [0.25, 0.3) is 0 Å². The largest absolute Gasteiger partial charge is 0.396 e. The topological polar surface area (TPSA) is 83.2 Å². The third kappa shape index (κ3) is 3.26. The van der Waals surface area contributed by atoms with Crippen LogP contribution in [0.3, 0.4) is 0 Å². The number of aryl methyl sites for hydroxylation is 2. The summed E-state index contributed by atoms with van der Waals surface area (Å²) < 4.78 is 1.81. The average Bonchev–Trinajstić information content (AvgIpc) is 2.98. The smallest absolute Gasteiger partial charge is 0.182 e. The summed E-state index contributed by atoms with van der Waals surface area (Å²) in [5.74, 6) is 1.51. The van der Waals surface area contributed by atoms with Crippen LogP contribution in [0.2, 0.25) is 0 Å². The van der Waals surface area contributed by atoms with Crippen molar-refractivity contribution in [2.45, 2.75) is 19.4 Å². The Hall–Kier alpha value is -2.58. The Morgan fingerprint density at radius 1 is 1.19 bits per heavy atom. The molecular weight excluding hydrogens is 342 g/mol. The molecule has 0 amide bonds. The zero-order valence-corrected chi connectivity index (χ0v) is 16.0. The highest BCUT2D eigenvalue weighted by molar-refractivity contribution is 5.91. The van der Waals surface area contributed by atoms with E-state index in [9.17, 15) is 5.11 Å². The molecule has 8 nitrogen and oxygen atoms in total. The van der Waals surface area contributed by atoms with Crippen LogP contribution in [0, 0.1) is 6.92 Å². The molecule has 1 aliphatic heterocycles. The second-order valence-corrected chi connectivity index (χ2v) is 7.09. The molecule has 1 atom stereocenters. The van der Waals surface area contributed by atoms with Gasteiger partial charge in [0.05, 0.1) is 11.1 Å². The van der Waals surface area contributed by atoms with Crippen molar-refractivity contribution in [3.05, 3.63) is 30.1 Å². The predicted octanol–water partition coefficient (Wildman–Crippen LogP) is 1.24. The highest BCUT2D eigenvalue weighted by atomic mass is 16.3. The van der Waals surface area contributed by atoms with Crippen molar-refractivity contribution in [2.24, 2.45) is 7.05 Å². The number of aromatic nitrogens is 5. The minimum absolute atomic E-state index is 0.188. The molecule has 1 saturated heterocycles. The lowest BCUT2D eigenvalue weighted by Crippen LogP contribution is -2.52. The predicted molar refractivity (Wildman–Crippen MR) is 105 cm³/mol. The van der Waals surface area contributed by atoms with E-state index in [-0.39, 0.29) is 6.61 Å². The Morgan fingerprint density at radius 2 is 2.04 bits per heavy atom. The molecule has 0 bridgehead atoms. The molecule has 0 spiro atoms. The van der Waals surface area contributed by atoms with E-state index in [1.807, 2.05) is 36.9 Å². The Kier molecular flexibility index (Phi) is 4.75. The van der Waals surface area contributed by atoms with Gasteiger partial charge in [0, 0.05) is 45.5 Å². The molecule has 1 N–H and O–H groups in total. The van der Waals surface area contributed by atoms with Gasteiger partial charge in [0.1, 0.15) is 11.5 Å². The summed E-state index contributed by atoms with van der Waals surface area (Å²) >= 11 is 0. The fourth-order valence-electron chi connectivity index (χ4n) is 3.76. The molecule has 0 aliphatic carbocycles. The van der Waals surface area contributed by atoms with Crippen molar-refractivity contribution in [2.75, 3.05) is 38.2 Å². The Bertz CT molecular complexity index is 940. The lowest BCUT2D eigenvalue weighted by Gasteiger charge is -2.40. The molecule has 27 heavy (non-hydrogen) atoms. The van der Waals surface area contributed by atoms with Gasteiger partial charge in [-0.25, -0.2) is 9.97 Å². The number of aliphatic hydroxyl groups is 1. The molecule has 1 aliphatic rings. The first-order valence-electron chi connectivity index (χ1n) is 9.27. The zero-order chi connectivity index (χ0) is 19.0. The molecular formula is C19H25N7O. The van der Waals surface area contributed by atoms with E-state index in [1.165, 1.54) is 0 Å². The molecule has 1 unspecified atom stereocenters. The van der Waals surface area contributed by atoms with Crippen molar-refractivity contribution in [3.63, 3.8) is 0 Å². The zero-order valence-electron chi connectivity index (χ0n) is 16.0. The van der Waals surface area contributed by atoms with Gasteiger partial charge in [-0.2, -0.15) is 5.10 Å². The van der Waals surface area contributed by atoms with Crippen molar-refractivity contribution in [3.8, 4) is 11.5 Å². The normalized spacial score (nSPS) is 18.4. The number of nitrogens with zero attached hydrogens (tertiary/aromatic N) is 7. The van der Waals surface area contributed by atoms with E-state index in [4.69, 9.17) is 9.97 Å². The van der Waals surface area contributed by atoms with Gasteiger partial charge in [-0.15, -0.1) is 0 Å². The van der Waals surface area contributed by atoms with Gasteiger partial charge in [0.15, 0.2) is 11.5 Å². The maximum Gasteiger partial charge on any atom is 0.182 e. The number of hydrogen-bond donors (Lipinski definition) is 1. The van der Waals surface area contributed by atoms with Gasteiger partial charge < -0.3 is 10.0 Å². The molecule has 4 heterocycles. The third-order valence-corrected chi connectivity index (χ3v) is 5.27. The molecule has 0 aromatic carbocycles. The summed E-state index contributed by atoms with van der Waals surface area (Å²) in [7, 11) is 4.02. The number of anilines is 1. The van der Waals surface area contributed by atoms with Crippen molar-refractivity contribution in [1.29, 1.82) is 0 Å². The summed E-state index contributed by atoms with van der Waals surface area (Å²) in [6.07, 6.45) is 2.50. The molecule has 8 heteroatoms. The van der Waals surface area contributed by atoms with Crippen LogP contribution in [0.5, 0.6) is 0 Å². The summed E-state index contributed by atoms with van der Waals surface area (Å²) in [5.41, 5.74) is 2.49. The second-order valence-electron chi connectivity index (χ2n) is 7.09. The number of rotatable bonds is 4. The maximum atomic E-state index is 9.41. The van der Waals surface area contributed by atoms with Crippen LogP contribution >= 0.6 is 0 Å². The first-order chi connectivity index (χ1) is 13.1. The van der Waals surface area contributed by atoms with E-state index in [2.05, 4.69) is 26.9 Å². The fourth-order valence-corrected chi connectivity index (χ4v) is 3.76. The molecule has 3 aromatic heterocycles. The Labute approximate surface area is 158 Å². The van der Waals surface area contributed by atoms with Crippen LogP contribution < -0.4 is 4.90 Å². The van der Waals surface area contributed by atoms with E-state index in [1.54, 1.807) is 6.20 Å². The lowest BCUT2D eigenvalue weighted by molar-refractivity contribution is 0.170. The molecule has 0 saturated carbocycles. The third-order valence-electron chi connectivity index (χ3n) is 5.27. The standard InChI is InChI=1S/C19H25N7O/c1-13-16-18(25(3)23-13)21-17(15-6-4-5-8-20-15)22-19(16)26-10-9-24(2)14(12-26)7-11-27/h4-6,8,14,27H,7,9-12H2,1-3H3. The van der Waals surface area contributed by atoms with Crippen LogP contribution in [0.1, 0.15) is 12.1 Å². The summed E-state index contributed by atoms with van der Waals surface area (Å²) in [5, 5.41) is 15.0. The van der Waals surface area contributed by atoms with Gasteiger partial charge in [-0.1, -0.05) is 6.07 Å². The second kappa shape index (κ2) is 7.21. The van der Waals surface area contributed by atoms with Crippen molar-refractivity contribution < 1.29 is 5.11 Å². The fraction of sp³-hybridized carbons (Fsp3) is 0.474. The van der Waals surface area contributed by atoms with Gasteiger partial charge in [0.2, 0.25) is 0 Å². The van der Waals surface area contributed by atoms with Crippen molar-refractivity contribution in [1.82, 2.24) is 29.6 Å². The van der Waals surface area contributed by atoms with Crippen LogP contribution in [0.25, 0.3) is 22.6 Å². The summed E-state index contributed by atoms with van der Waals surface area (Å²) in [4.78, 5) is 18.7. The minimum Gasteiger partial charge on any atom is -0.396 e. The van der Waals surface area contributed by atoms with Crippen LogP contribution in [-0.2, 0) is 7.05 Å². The molecule has 4 rings (SSSR count). The SMILES string of the molecule is Cc1nn(C)c2nc(-c3ccccn3)nc(N3CCN(C)C(CCO)C3)c12. The first kappa shape index (κ1) is 17.8. The highest BCUT2D eigenvalue weighted by Gasteiger charge is 2.28. The molecule has 0 radical (unpaired) electrons.